The first-order valence-corrected chi connectivity index (χ1v) is 8.00. The van der Waals surface area contributed by atoms with Crippen molar-refractivity contribution in [3.63, 3.8) is 0 Å². The molecule has 21 heavy (non-hydrogen) atoms. The Bertz CT molecular complexity index is 493. The lowest BCUT2D eigenvalue weighted by Gasteiger charge is -2.39. The maximum atomic E-state index is 8.67. The lowest BCUT2D eigenvalue weighted by Crippen LogP contribution is -2.38. The van der Waals surface area contributed by atoms with Crippen LogP contribution in [0.2, 0.25) is 0 Å². The van der Waals surface area contributed by atoms with Gasteiger partial charge in [-0.2, -0.15) is 0 Å². The van der Waals surface area contributed by atoms with Gasteiger partial charge in [0.2, 0.25) is 0 Å². The molecule has 2 fully saturated rings. The fourth-order valence-electron chi connectivity index (χ4n) is 3.91. The van der Waals surface area contributed by atoms with Gasteiger partial charge in [-0.15, -0.1) is 0 Å². The molecule has 2 aliphatic rings. The number of rotatable bonds is 3. The van der Waals surface area contributed by atoms with Crippen LogP contribution >= 0.6 is 0 Å². The highest BCUT2D eigenvalue weighted by Crippen LogP contribution is 2.46. The standard InChI is InChI=1S/C17H25N3O/c18-16(19-21)15-5-3-14(4-6-15)13-20-11-9-17(10-12-20)7-1-2-8-17/h3-6,21H,1-2,7-13H2,(H2,18,19). The number of piperidine rings is 1. The quantitative estimate of drug-likeness (QED) is 0.389. The van der Waals surface area contributed by atoms with E-state index in [0.717, 1.165) is 12.1 Å². The van der Waals surface area contributed by atoms with E-state index >= 15 is 0 Å². The van der Waals surface area contributed by atoms with Crippen LogP contribution in [0.4, 0.5) is 0 Å². The zero-order chi connectivity index (χ0) is 14.7. The van der Waals surface area contributed by atoms with Crippen LogP contribution in [0.5, 0.6) is 0 Å². The van der Waals surface area contributed by atoms with Crippen LogP contribution in [0.15, 0.2) is 29.4 Å². The molecule has 0 amide bonds. The Morgan fingerprint density at radius 1 is 1.10 bits per heavy atom. The molecule has 1 spiro atoms. The maximum absolute atomic E-state index is 8.67. The second-order valence-electron chi connectivity index (χ2n) is 6.67. The molecule has 114 valence electrons. The topological polar surface area (TPSA) is 61.9 Å². The highest BCUT2D eigenvalue weighted by atomic mass is 16.4. The average molecular weight is 287 g/mol. The van der Waals surface area contributed by atoms with Crippen molar-refractivity contribution >= 4 is 5.84 Å². The molecule has 0 unspecified atom stereocenters. The van der Waals surface area contributed by atoms with Crippen molar-refractivity contribution in [3.05, 3.63) is 35.4 Å². The maximum Gasteiger partial charge on any atom is 0.170 e. The largest absolute Gasteiger partial charge is 0.409 e. The summed E-state index contributed by atoms with van der Waals surface area (Å²) >= 11 is 0. The van der Waals surface area contributed by atoms with Crippen molar-refractivity contribution in [1.29, 1.82) is 0 Å². The molecule has 4 heteroatoms. The first-order chi connectivity index (χ1) is 10.2. The molecule has 0 bridgehead atoms. The minimum Gasteiger partial charge on any atom is -0.409 e. The van der Waals surface area contributed by atoms with Gasteiger partial charge in [0, 0.05) is 12.1 Å². The van der Waals surface area contributed by atoms with E-state index in [2.05, 4.69) is 22.2 Å². The van der Waals surface area contributed by atoms with Crippen LogP contribution in [0.1, 0.15) is 49.7 Å². The fraction of sp³-hybridized carbons (Fsp3) is 0.588. The fourth-order valence-corrected chi connectivity index (χ4v) is 3.91. The summed E-state index contributed by atoms with van der Waals surface area (Å²) in [5.41, 5.74) is 8.34. The van der Waals surface area contributed by atoms with E-state index in [9.17, 15) is 0 Å². The first kappa shape index (κ1) is 14.4. The minimum absolute atomic E-state index is 0.169. The number of hydrogen-bond donors (Lipinski definition) is 2. The van der Waals surface area contributed by atoms with Crippen molar-refractivity contribution in [2.45, 2.75) is 45.1 Å². The van der Waals surface area contributed by atoms with Crippen LogP contribution in [0.25, 0.3) is 0 Å². The van der Waals surface area contributed by atoms with Gasteiger partial charge in [0.05, 0.1) is 0 Å². The molecule has 0 aromatic heterocycles. The van der Waals surface area contributed by atoms with Gasteiger partial charge in [0.25, 0.3) is 0 Å². The van der Waals surface area contributed by atoms with Crippen molar-refractivity contribution < 1.29 is 5.21 Å². The van der Waals surface area contributed by atoms with Crippen LogP contribution < -0.4 is 5.73 Å². The van der Waals surface area contributed by atoms with Gasteiger partial charge in [-0.25, -0.2) is 0 Å². The Labute approximate surface area is 126 Å². The molecule has 1 aliphatic heterocycles. The number of nitrogens with two attached hydrogens (primary N) is 1. The Morgan fingerprint density at radius 2 is 1.71 bits per heavy atom. The van der Waals surface area contributed by atoms with E-state index in [1.807, 2.05) is 12.1 Å². The summed E-state index contributed by atoms with van der Waals surface area (Å²) < 4.78 is 0. The molecule has 1 saturated carbocycles. The molecule has 0 radical (unpaired) electrons. The molecular formula is C17H25N3O. The van der Waals surface area contributed by atoms with Crippen molar-refractivity contribution in [2.75, 3.05) is 13.1 Å². The average Bonchev–Trinajstić information content (AvgIpc) is 2.98. The molecule has 1 aromatic rings. The molecule has 3 rings (SSSR count). The van der Waals surface area contributed by atoms with Crippen LogP contribution in [0, 0.1) is 5.41 Å². The lowest BCUT2D eigenvalue weighted by molar-refractivity contribution is 0.103. The van der Waals surface area contributed by atoms with Gasteiger partial charge in [-0.3, -0.25) is 4.90 Å². The highest BCUT2D eigenvalue weighted by Gasteiger charge is 2.36. The summed E-state index contributed by atoms with van der Waals surface area (Å²) in [4.78, 5) is 2.56. The SMILES string of the molecule is NC(=NO)c1ccc(CN2CCC3(CCCC3)CC2)cc1. The van der Waals surface area contributed by atoms with E-state index in [-0.39, 0.29) is 5.84 Å². The molecule has 4 nitrogen and oxygen atoms in total. The third-order valence-corrected chi connectivity index (χ3v) is 5.34. The lowest BCUT2D eigenvalue weighted by atomic mass is 9.77. The third-order valence-electron chi connectivity index (χ3n) is 5.34. The van der Waals surface area contributed by atoms with E-state index < -0.39 is 0 Å². The molecule has 0 atom stereocenters. The summed E-state index contributed by atoms with van der Waals surface area (Å²) in [5, 5.41) is 11.7. The summed E-state index contributed by atoms with van der Waals surface area (Å²) in [5.74, 6) is 0.169. The third kappa shape index (κ3) is 3.21. The monoisotopic (exact) mass is 287 g/mol. The van der Waals surface area contributed by atoms with Gasteiger partial charge in [0.15, 0.2) is 5.84 Å². The van der Waals surface area contributed by atoms with Crippen LogP contribution in [-0.4, -0.2) is 29.0 Å². The number of benzene rings is 1. The number of amidine groups is 1. The van der Waals surface area contributed by atoms with Gasteiger partial charge in [-0.05, 0) is 49.8 Å². The molecule has 1 saturated heterocycles. The summed E-state index contributed by atoms with van der Waals surface area (Å²) in [6, 6.07) is 8.00. The number of likely N-dealkylation sites (tertiary alicyclic amines) is 1. The van der Waals surface area contributed by atoms with Gasteiger partial charge in [0.1, 0.15) is 0 Å². The number of nitrogens with zero attached hydrogens (tertiary/aromatic N) is 2. The minimum atomic E-state index is 0.169. The van der Waals surface area contributed by atoms with Crippen molar-refractivity contribution in [2.24, 2.45) is 16.3 Å². The second kappa shape index (κ2) is 6.06. The summed E-state index contributed by atoms with van der Waals surface area (Å²) in [6.07, 6.45) is 8.53. The Kier molecular flexibility index (Phi) is 4.15. The predicted molar refractivity (Wildman–Crippen MR) is 84.4 cm³/mol. The first-order valence-electron chi connectivity index (χ1n) is 8.00. The molecule has 3 N–H and O–H groups in total. The van der Waals surface area contributed by atoms with E-state index in [1.54, 1.807) is 0 Å². The van der Waals surface area contributed by atoms with Gasteiger partial charge >= 0.3 is 0 Å². The highest BCUT2D eigenvalue weighted by molar-refractivity contribution is 5.96. The van der Waals surface area contributed by atoms with Crippen LogP contribution in [0.3, 0.4) is 0 Å². The smallest absolute Gasteiger partial charge is 0.170 e. The zero-order valence-electron chi connectivity index (χ0n) is 12.6. The van der Waals surface area contributed by atoms with Crippen LogP contribution in [-0.2, 0) is 6.54 Å². The Balaban J connectivity index is 1.55. The van der Waals surface area contributed by atoms with Crippen molar-refractivity contribution in [3.8, 4) is 0 Å². The van der Waals surface area contributed by atoms with Gasteiger partial charge < -0.3 is 10.9 Å². The Hall–Kier alpha value is -1.55. The Morgan fingerprint density at radius 3 is 2.29 bits per heavy atom. The summed E-state index contributed by atoms with van der Waals surface area (Å²) in [6.45, 7) is 3.45. The molecular weight excluding hydrogens is 262 g/mol. The summed E-state index contributed by atoms with van der Waals surface area (Å²) in [7, 11) is 0. The number of hydrogen-bond acceptors (Lipinski definition) is 3. The van der Waals surface area contributed by atoms with E-state index in [0.29, 0.717) is 5.41 Å². The predicted octanol–water partition coefficient (Wildman–Crippen LogP) is 2.94. The zero-order valence-corrected chi connectivity index (χ0v) is 12.6. The number of oxime groups is 1. The van der Waals surface area contributed by atoms with Crippen molar-refractivity contribution in [1.82, 2.24) is 4.90 Å². The molecule has 1 aromatic carbocycles. The van der Waals surface area contributed by atoms with E-state index in [1.165, 1.54) is 57.2 Å². The molecule has 1 heterocycles. The van der Waals surface area contributed by atoms with Gasteiger partial charge in [-0.1, -0.05) is 42.3 Å². The molecule has 1 aliphatic carbocycles. The van der Waals surface area contributed by atoms with E-state index in [4.69, 9.17) is 10.9 Å². The second-order valence-corrected chi connectivity index (χ2v) is 6.67. The normalized spacial score (nSPS) is 22.8.